The summed E-state index contributed by atoms with van der Waals surface area (Å²) in [6.45, 7) is 2.99. The minimum atomic E-state index is -0.256. The van der Waals surface area contributed by atoms with E-state index in [4.69, 9.17) is 0 Å². The molecule has 0 bridgehead atoms. The quantitative estimate of drug-likeness (QED) is 0.825. The standard InChI is InChI=1S/C12H17FN2/c1-9-3-2-4-12(9)15-7-10-5-11(13)8-14-6-10/h5-6,8-9,12,15H,2-4,7H2,1H3. The fourth-order valence-corrected chi connectivity index (χ4v) is 2.25. The second kappa shape index (κ2) is 4.71. The number of nitrogens with one attached hydrogen (secondary N) is 1. The second-order valence-electron chi connectivity index (χ2n) is 4.41. The molecule has 15 heavy (non-hydrogen) atoms. The zero-order valence-electron chi connectivity index (χ0n) is 9.04. The van der Waals surface area contributed by atoms with Gasteiger partial charge in [0.15, 0.2) is 0 Å². The third-order valence-electron chi connectivity index (χ3n) is 3.19. The van der Waals surface area contributed by atoms with Gasteiger partial charge in [-0.05, 0) is 30.4 Å². The summed E-state index contributed by atoms with van der Waals surface area (Å²) < 4.78 is 12.9. The first-order valence-electron chi connectivity index (χ1n) is 5.58. The summed E-state index contributed by atoms with van der Waals surface area (Å²) in [4.78, 5) is 3.83. The largest absolute Gasteiger partial charge is 0.310 e. The Morgan fingerprint density at radius 1 is 1.47 bits per heavy atom. The van der Waals surface area contributed by atoms with E-state index in [9.17, 15) is 4.39 Å². The molecule has 0 amide bonds. The number of nitrogens with zero attached hydrogens (tertiary/aromatic N) is 1. The molecule has 2 nitrogen and oxygen atoms in total. The normalized spacial score (nSPS) is 25.7. The van der Waals surface area contributed by atoms with Crippen LogP contribution in [-0.4, -0.2) is 11.0 Å². The van der Waals surface area contributed by atoms with E-state index in [1.165, 1.54) is 25.5 Å². The van der Waals surface area contributed by atoms with E-state index in [0.717, 1.165) is 18.0 Å². The summed E-state index contributed by atoms with van der Waals surface area (Å²) in [6.07, 6.45) is 6.81. The lowest BCUT2D eigenvalue weighted by Gasteiger charge is -2.16. The minimum absolute atomic E-state index is 0.256. The second-order valence-corrected chi connectivity index (χ2v) is 4.41. The van der Waals surface area contributed by atoms with Crippen LogP contribution in [0, 0.1) is 11.7 Å². The lowest BCUT2D eigenvalue weighted by molar-refractivity contribution is 0.425. The number of rotatable bonds is 3. The van der Waals surface area contributed by atoms with Crippen molar-refractivity contribution >= 4 is 0 Å². The average molecular weight is 208 g/mol. The maximum Gasteiger partial charge on any atom is 0.141 e. The zero-order chi connectivity index (χ0) is 10.7. The fourth-order valence-electron chi connectivity index (χ4n) is 2.25. The van der Waals surface area contributed by atoms with Gasteiger partial charge in [-0.15, -0.1) is 0 Å². The fraction of sp³-hybridized carbons (Fsp3) is 0.583. The lowest BCUT2D eigenvalue weighted by Crippen LogP contribution is -2.30. The van der Waals surface area contributed by atoms with Gasteiger partial charge in [0, 0.05) is 18.8 Å². The van der Waals surface area contributed by atoms with Crippen molar-refractivity contribution in [3.05, 3.63) is 29.8 Å². The maximum atomic E-state index is 12.9. The Balaban J connectivity index is 1.87. The van der Waals surface area contributed by atoms with Gasteiger partial charge in [-0.2, -0.15) is 0 Å². The van der Waals surface area contributed by atoms with Gasteiger partial charge in [0.1, 0.15) is 5.82 Å². The van der Waals surface area contributed by atoms with E-state index in [2.05, 4.69) is 17.2 Å². The van der Waals surface area contributed by atoms with Gasteiger partial charge >= 0.3 is 0 Å². The van der Waals surface area contributed by atoms with Gasteiger partial charge in [0.2, 0.25) is 0 Å². The molecule has 1 N–H and O–H groups in total. The third-order valence-corrected chi connectivity index (χ3v) is 3.19. The Bertz CT molecular complexity index is 327. The predicted octanol–water partition coefficient (Wildman–Crippen LogP) is 2.50. The summed E-state index contributed by atoms with van der Waals surface area (Å²) in [5.41, 5.74) is 0.925. The molecule has 1 aromatic heterocycles. The molecular formula is C12H17FN2. The molecule has 0 radical (unpaired) electrons. The molecular weight excluding hydrogens is 191 g/mol. The van der Waals surface area contributed by atoms with Crippen molar-refractivity contribution < 1.29 is 4.39 Å². The Morgan fingerprint density at radius 3 is 3.00 bits per heavy atom. The third kappa shape index (κ3) is 2.75. The summed E-state index contributed by atoms with van der Waals surface area (Å²) in [5, 5.41) is 3.47. The van der Waals surface area contributed by atoms with Crippen molar-refractivity contribution in [1.29, 1.82) is 0 Å². The van der Waals surface area contributed by atoms with Crippen LogP contribution in [0.4, 0.5) is 4.39 Å². The summed E-state index contributed by atoms with van der Waals surface area (Å²) in [6, 6.07) is 2.13. The molecule has 1 heterocycles. The zero-order valence-corrected chi connectivity index (χ0v) is 9.04. The highest BCUT2D eigenvalue weighted by molar-refractivity contribution is 5.10. The van der Waals surface area contributed by atoms with E-state index in [-0.39, 0.29) is 5.82 Å². The molecule has 2 unspecified atom stereocenters. The van der Waals surface area contributed by atoms with Gasteiger partial charge in [0.05, 0.1) is 6.20 Å². The Hall–Kier alpha value is -0.960. The molecule has 0 aromatic carbocycles. The number of aromatic nitrogens is 1. The van der Waals surface area contributed by atoms with E-state index >= 15 is 0 Å². The van der Waals surface area contributed by atoms with Crippen LogP contribution < -0.4 is 5.32 Å². The molecule has 2 rings (SSSR count). The van der Waals surface area contributed by atoms with E-state index in [0.29, 0.717) is 6.04 Å². The molecule has 1 aliphatic rings. The molecule has 1 saturated carbocycles. The SMILES string of the molecule is CC1CCCC1NCc1cncc(F)c1. The van der Waals surface area contributed by atoms with Gasteiger partial charge < -0.3 is 5.32 Å². The van der Waals surface area contributed by atoms with E-state index in [1.807, 2.05) is 0 Å². The van der Waals surface area contributed by atoms with Crippen LogP contribution in [0.25, 0.3) is 0 Å². The van der Waals surface area contributed by atoms with Crippen molar-refractivity contribution in [3.63, 3.8) is 0 Å². The van der Waals surface area contributed by atoms with Gasteiger partial charge in [-0.25, -0.2) is 4.39 Å². The molecule has 1 aromatic rings. The average Bonchev–Trinajstić information content (AvgIpc) is 2.61. The van der Waals surface area contributed by atoms with E-state index < -0.39 is 0 Å². The molecule has 1 aliphatic carbocycles. The van der Waals surface area contributed by atoms with Crippen LogP contribution in [0.15, 0.2) is 18.5 Å². The molecule has 0 spiro atoms. The van der Waals surface area contributed by atoms with Crippen LogP contribution in [0.3, 0.4) is 0 Å². The van der Waals surface area contributed by atoms with Crippen molar-refractivity contribution in [2.24, 2.45) is 5.92 Å². The van der Waals surface area contributed by atoms with Crippen LogP contribution in [-0.2, 0) is 6.54 Å². The van der Waals surface area contributed by atoms with Gasteiger partial charge in [0.25, 0.3) is 0 Å². The Morgan fingerprint density at radius 2 is 2.33 bits per heavy atom. The van der Waals surface area contributed by atoms with Crippen molar-refractivity contribution in [2.75, 3.05) is 0 Å². The Labute approximate surface area is 89.9 Å². The number of hydrogen-bond donors (Lipinski definition) is 1. The van der Waals surface area contributed by atoms with Gasteiger partial charge in [-0.3, -0.25) is 4.98 Å². The number of halogens is 1. The van der Waals surface area contributed by atoms with Crippen LogP contribution in [0.5, 0.6) is 0 Å². The van der Waals surface area contributed by atoms with Crippen LogP contribution in [0.1, 0.15) is 31.7 Å². The molecule has 1 fully saturated rings. The smallest absolute Gasteiger partial charge is 0.141 e. The topological polar surface area (TPSA) is 24.9 Å². The molecule has 0 aliphatic heterocycles. The van der Waals surface area contributed by atoms with Gasteiger partial charge in [-0.1, -0.05) is 13.3 Å². The van der Waals surface area contributed by atoms with Crippen molar-refractivity contribution in [3.8, 4) is 0 Å². The van der Waals surface area contributed by atoms with E-state index in [1.54, 1.807) is 12.3 Å². The molecule has 2 atom stereocenters. The highest BCUT2D eigenvalue weighted by atomic mass is 19.1. The Kier molecular flexibility index (Phi) is 3.31. The summed E-state index contributed by atoms with van der Waals surface area (Å²) >= 11 is 0. The highest BCUT2D eigenvalue weighted by Gasteiger charge is 2.22. The number of pyridine rings is 1. The summed E-state index contributed by atoms with van der Waals surface area (Å²) in [5.74, 6) is 0.486. The highest BCUT2D eigenvalue weighted by Crippen LogP contribution is 2.24. The maximum absolute atomic E-state index is 12.9. The van der Waals surface area contributed by atoms with Crippen LogP contribution >= 0.6 is 0 Å². The first kappa shape index (κ1) is 10.6. The van der Waals surface area contributed by atoms with Crippen molar-refractivity contribution in [2.45, 2.75) is 38.8 Å². The predicted molar refractivity (Wildman–Crippen MR) is 57.8 cm³/mol. The molecule has 3 heteroatoms. The minimum Gasteiger partial charge on any atom is -0.310 e. The van der Waals surface area contributed by atoms with Crippen LogP contribution in [0.2, 0.25) is 0 Å². The molecule has 0 saturated heterocycles. The first-order valence-corrected chi connectivity index (χ1v) is 5.58. The van der Waals surface area contributed by atoms with Crippen molar-refractivity contribution in [1.82, 2.24) is 10.3 Å². The monoisotopic (exact) mass is 208 g/mol. The lowest BCUT2D eigenvalue weighted by atomic mass is 10.1. The first-order chi connectivity index (χ1) is 7.25. The molecule has 82 valence electrons. The number of hydrogen-bond acceptors (Lipinski definition) is 2. The summed E-state index contributed by atoms with van der Waals surface area (Å²) in [7, 11) is 0.